The fourth-order valence-corrected chi connectivity index (χ4v) is 5.26. The summed E-state index contributed by atoms with van der Waals surface area (Å²) in [6, 6.07) is 6.04. The van der Waals surface area contributed by atoms with Crippen molar-refractivity contribution < 1.29 is 8.42 Å². The Morgan fingerprint density at radius 2 is 1.80 bits per heavy atom. The predicted molar refractivity (Wildman–Crippen MR) is 86.3 cm³/mol. The Kier molecular flexibility index (Phi) is 4.58. The second-order valence-corrected chi connectivity index (χ2v) is 7.50. The molecule has 5 nitrogen and oxygen atoms in total. The summed E-state index contributed by atoms with van der Waals surface area (Å²) in [6.07, 6.45) is 1.33. The van der Waals surface area contributed by atoms with Crippen molar-refractivity contribution in [3.05, 3.63) is 44.6 Å². The fraction of sp³-hybridized carbons (Fsp3) is 0. The van der Waals surface area contributed by atoms with E-state index in [1.807, 2.05) is 0 Å². The van der Waals surface area contributed by atoms with E-state index in [0.717, 1.165) is 0 Å². The zero-order chi connectivity index (χ0) is 14.9. The van der Waals surface area contributed by atoms with Gasteiger partial charge in [-0.15, -0.1) is 0 Å². The van der Waals surface area contributed by atoms with Crippen molar-refractivity contribution in [1.82, 2.24) is 4.98 Å². The van der Waals surface area contributed by atoms with Crippen molar-refractivity contribution in [2.24, 2.45) is 0 Å². The number of nitrogens with zero attached hydrogens (tertiary/aromatic N) is 1. The topological polar surface area (TPSA) is 85.1 Å². The maximum absolute atomic E-state index is 12.4. The van der Waals surface area contributed by atoms with Crippen LogP contribution in [0.2, 0.25) is 5.15 Å². The van der Waals surface area contributed by atoms with Crippen LogP contribution in [0.4, 0.5) is 11.4 Å². The number of nitrogens with two attached hydrogens (primary N) is 1. The lowest BCUT2D eigenvalue weighted by atomic mass is 10.3. The number of benzene rings is 1. The highest BCUT2D eigenvalue weighted by molar-refractivity contribution is 9.11. The van der Waals surface area contributed by atoms with Crippen LogP contribution in [-0.2, 0) is 10.0 Å². The van der Waals surface area contributed by atoms with Gasteiger partial charge in [-0.05, 0) is 56.1 Å². The molecule has 0 aliphatic heterocycles. The third-order valence-corrected chi connectivity index (χ3v) is 5.75. The molecule has 0 radical (unpaired) electrons. The van der Waals surface area contributed by atoms with Crippen LogP contribution in [0.1, 0.15) is 0 Å². The van der Waals surface area contributed by atoms with Gasteiger partial charge in [-0.3, -0.25) is 4.72 Å². The van der Waals surface area contributed by atoms with Crippen molar-refractivity contribution in [2.75, 3.05) is 10.5 Å². The molecule has 3 N–H and O–H groups in total. The molecule has 0 spiro atoms. The third kappa shape index (κ3) is 3.43. The molecule has 0 bridgehead atoms. The van der Waals surface area contributed by atoms with Gasteiger partial charge in [0.1, 0.15) is 10.0 Å². The second kappa shape index (κ2) is 5.88. The third-order valence-electron chi connectivity index (χ3n) is 2.27. The van der Waals surface area contributed by atoms with Gasteiger partial charge in [0.25, 0.3) is 10.0 Å². The van der Waals surface area contributed by atoms with Crippen LogP contribution in [0, 0.1) is 0 Å². The smallest absolute Gasteiger partial charge is 0.264 e. The lowest BCUT2D eigenvalue weighted by molar-refractivity contribution is 0.600. The average Bonchev–Trinajstić information content (AvgIpc) is 2.30. The summed E-state index contributed by atoms with van der Waals surface area (Å²) in [4.78, 5) is 3.87. The maximum atomic E-state index is 12.4. The van der Waals surface area contributed by atoms with Gasteiger partial charge in [0.05, 0.1) is 11.9 Å². The lowest BCUT2D eigenvalue weighted by Crippen LogP contribution is -2.14. The van der Waals surface area contributed by atoms with Gasteiger partial charge in [0.15, 0.2) is 0 Å². The van der Waals surface area contributed by atoms with Crippen molar-refractivity contribution >= 4 is 64.9 Å². The molecule has 0 fully saturated rings. The number of halogens is 3. The number of rotatable bonds is 3. The summed E-state index contributed by atoms with van der Waals surface area (Å²) >= 11 is 12.0. The van der Waals surface area contributed by atoms with E-state index in [1.54, 1.807) is 0 Å². The molecule has 20 heavy (non-hydrogen) atoms. The molecular weight excluding hydrogens is 433 g/mol. The Balaban J connectivity index is 2.43. The van der Waals surface area contributed by atoms with E-state index in [0.29, 0.717) is 20.3 Å². The Hall–Kier alpha value is -0.830. The van der Waals surface area contributed by atoms with E-state index in [2.05, 4.69) is 41.6 Å². The van der Waals surface area contributed by atoms with E-state index in [1.165, 1.54) is 30.5 Å². The van der Waals surface area contributed by atoms with Gasteiger partial charge in [0, 0.05) is 14.6 Å². The molecule has 0 saturated carbocycles. The Labute approximate surface area is 137 Å². The minimum absolute atomic E-state index is 0.0571. The van der Waals surface area contributed by atoms with Gasteiger partial charge in [0.2, 0.25) is 0 Å². The molecule has 0 atom stereocenters. The molecule has 106 valence electrons. The predicted octanol–water partition coefficient (Wildman–Crippen LogP) is 3.64. The van der Waals surface area contributed by atoms with Crippen LogP contribution >= 0.6 is 43.5 Å². The molecule has 0 unspecified atom stereocenters. The number of hydrogen-bond acceptors (Lipinski definition) is 4. The molecule has 2 rings (SSSR count). The highest BCUT2D eigenvalue weighted by Crippen LogP contribution is 2.33. The standard InChI is InChI=1S/C11H8Br2ClN3O2S/c12-8-3-6(15)4-9(13)11(8)20(18,19)17-7-1-2-10(14)16-5-7/h1-5,17H,15H2. The van der Waals surface area contributed by atoms with Crippen molar-refractivity contribution in [3.63, 3.8) is 0 Å². The number of sulfonamides is 1. The highest BCUT2D eigenvalue weighted by Gasteiger charge is 2.22. The zero-order valence-corrected chi connectivity index (χ0v) is 14.5. The number of hydrogen-bond donors (Lipinski definition) is 2. The first kappa shape index (κ1) is 15.6. The van der Waals surface area contributed by atoms with Crippen molar-refractivity contribution in [2.45, 2.75) is 4.90 Å². The van der Waals surface area contributed by atoms with E-state index in [4.69, 9.17) is 17.3 Å². The first-order chi connectivity index (χ1) is 9.29. The number of pyridine rings is 1. The van der Waals surface area contributed by atoms with Gasteiger partial charge in [-0.1, -0.05) is 11.6 Å². The SMILES string of the molecule is Nc1cc(Br)c(S(=O)(=O)Nc2ccc(Cl)nc2)c(Br)c1. The zero-order valence-electron chi connectivity index (χ0n) is 9.77. The van der Waals surface area contributed by atoms with Crippen LogP contribution in [0.25, 0.3) is 0 Å². The maximum Gasteiger partial charge on any atom is 0.264 e. The summed E-state index contributed by atoms with van der Waals surface area (Å²) in [5, 5.41) is 0.280. The number of anilines is 2. The molecular formula is C11H8Br2ClN3O2S. The van der Waals surface area contributed by atoms with Crippen LogP contribution in [-0.4, -0.2) is 13.4 Å². The van der Waals surface area contributed by atoms with E-state index in [9.17, 15) is 8.42 Å². The van der Waals surface area contributed by atoms with Crippen LogP contribution < -0.4 is 10.5 Å². The quantitative estimate of drug-likeness (QED) is 0.563. The molecule has 0 aliphatic rings. The number of nitrogens with one attached hydrogen (secondary N) is 1. The Morgan fingerprint density at radius 1 is 1.20 bits per heavy atom. The van der Waals surface area contributed by atoms with Crippen LogP contribution in [0.5, 0.6) is 0 Å². The number of aromatic nitrogens is 1. The molecule has 9 heteroatoms. The highest BCUT2D eigenvalue weighted by atomic mass is 79.9. The lowest BCUT2D eigenvalue weighted by Gasteiger charge is -2.11. The van der Waals surface area contributed by atoms with Gasteiger partial charge >= 0.3 is 0 Å². The fourth-order valence-electron chi connectivity index (χ4n) is 1.48. The van der Waals surface area contributed by atoms with Gasteiger partial charge in [-0.25, -0.2) is 13.4 Å². The van der Waals surface area contributed by atoms with Gasteiger partial charge < -0.3 is 5.73 Å². The summed E-state index contributed by atoms with van der Waals surface area (Å²) in [7, 11) is -3.79. The summed E-state index contributed by atoms with van der Waals surface area (Å²) < 4.78 is 27.9. The van der Waals surface area contributed by atoms with Crippen LogP contribution in [0.3, 0.4) is 0 Å². The molecule has 2 aromatic rings. The first-order valence-corrected chi connectivity index (χ1v) is 8.63. The summed E-state index contributed by atoms with van der Waals surface area (Å²) in [5.41, 5.74) is 6.39. The molecule has 0 saturated heterocycles. The second-order valence-electron chi connectivity index (χ2n) is 3.79. The van der Waals surface area contributed by atoms with Crippen molar-refractivity contribution in [3.8, 4) is 0 Å². The van der Waals surface area contributed by atoms with Crippen molar-refractivity contribution in [1.29, 1.82) is 0 Å². The van der Waals surface area contributed by atoms with Crippen LogP contribution in [0.15, 0.2) is 44.3 Å². The van der Waals surface area contributed by atoms with E-state index >= 15 is 0 Å². The number of nitrogen functional groups attached to an aromatic ring is 1. The Morgan fingerprint density at radius 3 is 2.30 bits per heavy atom. The van der Waals surface area contributed by atoms with Gasteiger partial charge in [-0.2, -0.15) is 0 Å². The summed E-state index contributed by atoms with van der Waals surface area (Å²) in [6.45, 7) is 0. The normalized spacial score (nSPS) is 11.3. The summed E-state index contributed by atoms with van der Waals surface area (Å²) in [5.74, 6) is 0. The molecule has 0 amide bonds. The largest absolute Gasteiger partial charge is 0.399 e. The molecule has 0 aliphatic carbocycles. The monoisotopic (exact) mass is 439 g/mol. The Bertz CT molecular complexity index is 728. The molecule has 1 aromatic heterocycles. The average molecular weight is 442 g/mol. The van der Waals surface area contributed by atoms with E-state index < -0.39 is 10.0 Å². The molecule has 1 aromatic carbocycles. The van der Waals surface area contributed by atoms with E-state index in [-0.39, 0.29) is 10.0 Å². The molecule has 1 heterocycles. The minimum Gasteiger partial charge on any atom is -0.399 e. The first-order valence-electron chi connectivity index (χ1n) is 5.18. The minimum atomic E-state index is -3.79.